The van der Waals surface area contributed by atoms with Crippen LogP contribution in [-0.4, -0.2) is 17.1 Å². The maximum atomic E-state index is 11.3. The Morgan fingerprint density at radius 1 is 0.767 bits per heavy atom. The van der Waals surface area contributed by atoms with Gasteiger partial charge in [0.2, 0.25) is 11.8 Å². The Morgan fingerprint density at radius 2 is 1.37 bits per heavy atom. The van der Waals surface area contributed by atoms with Gasteiger partial charge in [0.25, 0.3) is 0 Å². The summed E-state index contributed by atoms with van der Waals surface area (Å²) in [6, 6.07) is 36.7. The summed E-state index contributed by atoms with van der Waals surface area (Å²) >= 11 is 0. The Bertz CT molecular complexity index is 1840. The first-order valence-electron chi connectivity index (χ1n) is 13.8. The van der Waals surface area contributed by atoms with Crippen LogP contribution in [0.2, 0.25) is 0 Å². The molecule has 1 N–H and O–H groups in total. The molecule has 0 bridgehead atoms. The highest BCUT2D eigenvalue weighted by Crippen LogP contribution is 2.40. The second-order valence-electron chi connectivity index (χ2n) is 9.83. The molecule has 0 saturated heterocycles. The van der Waals surface area contributed by atoms with Crippen molar-refractivity contribution in [2.45, 2.75) is 12.5 Å². The number of nitrogens with zero attached hydrogens (tertiary/aromatic N) is 3. The quantitative estimate of drug-likeness (QED) is 0.141. The van der Waals surface area contributed by atoms with Crippen molar-refractivity contribution in [2.75, 3.05) is 9.80 Å². The van der Waals surface area contributed by atoms with Gasteiger partial charge in [0.15, 0.2) is 11.5 Å². The molecule has 2 heterocycles. The smallest absolute Gasteiger partial charge is 0.346 e. The standard InChI is InChI=1S/C36H27N3O4/c37-25-27(36(40)41)24-26-16-18-31(19-17-26)39(30-14-8-3-9-15-30)35-23-21-33(43-35)32-20-22-34(42-32)38(28-10-4-1-5-11-28)29-12-6-2-7-13-29/h1-12,14-24,29H,13H2,(H,40,41)/b27-24+. The van der Waals surface area contributed by atoms with Crippen LogP contribution in [0, 0.1) is 11.3 Å². The van der Waals surface area contributed by atoms with E-state index in [2.05, 4.69) is 41.3 Å². The van der Waals surface area contributed by atoms with E-state index in [1.54, 1.807) is 18.2 Å². The summed E-state index contributed by atoms with van der Waals surface area (Å²) < 4.78 is 12.8. The minimum Gasteiger partial charge on any atom is -0.477 e. The molecule has 1 atom stereocenters. The first kappa shape index (κ1) is 27.2. The molecule has 0 spiro atoms. The predicted molar refractivity (Wildman–Crippen MR) is 168 cm³/mol. The normalized spacial score (nSPS) is 14.3. The molecule has 0 radical (unpaired) electrons. The lowest BCUT2D eigenvalue weighted by Gasteiger charge is -2.30. The van der Waals surface area contributed by atoms with Gasteiger partial charge in [0.05, 0.1) is 6.04 Å². The molecule has 3 aromatic carbocycles. The van der Waals surface area contributed by atoms with Crippen LogP contribution in [0.15, 0.2) is 148 Å². The zero-order valence-electron chi connectivity index (χ0n) is 23.1. The van der Waals surface area contributed by atoms with Crippen molar-refractivity contribution in [1.29, 1.82) is 5.26 Å². The molecule has 7 heteroatoms. The molecule has 1 unspecified atom stereocenters. The second kappa shape index (κ2) is 12.2. The minimum atomic E-state index is -1.26. The molecule has 0 aliphatic heterocycles. The topological polar surface area (TPSA) is 93.9 Å². The second-order valence-corrected chi connectivity index (χ2v) is 9.83. The Kier molecular flexibility index (Phi) is 7.74. The molecule has 6 rings (SSSR count). The number of rotatable bonds is 9. The first-order valence-corrected chi connectivity index (χ1v) is 13.8. The molecule has 0 saturated carbocycles. The average Bonchev–Trinajstić information content (AvgIpc) is 3.73. The van der Waals surface area contributed by atoms with Crippen molar-refractivity contribution in [2.24, 2.45) is 0 Å². The van der Waals surface area contributed by atoms with Crippen molar-refractivity contribution in [1.82, 2.24) is 0 Å². The summed E-state index contributed by atoms with van der Waals surface area (Å²) in [6.07, 6.45) is 10.6. The molecule has 7 nitrogen and oxygen atoms in total. The van der Waals surface area contributed by atoms with Crippen LogP contribution in [0.3, 0.4) is 0 Å². The van der Waals surface area contributed by atoms with Gasteiger partial charge in [0.1, 0.15) is 11.6 Å². The summed E-state index contributed by atoms with van der Waals surface area (Å²) in [5, 5.41) is 18.3. The Labute approximate surface area is 249 Å². The maximum Gasteiger partial charge on any atom is 0.346 e. The molecule has 0 fully saturated rings. The molecule has 1 aliphatic carbocycles. The maximum absolute atomic E-state index is 11.3. The fourth-order valence-electron chi connectivity index (χ4n) is 5.01. The van der Waals surface area contributed by atoms with E-state index in [1.165, 1.54) is 6.08 Å². The minimum absolute atomic E-state index is 0.115. The van der Waals surface area contributed by atoms with Crippen LogP contribution < -0.4 is 9.80 Å². The van der Waals surface area contributed by atoms with Gasteiger partial charge in [0, 0.05) is 29.2 Å². The molecular weight excluding hydrogens is 538 g/mol. The van der Waals surface area contributed by atoms with E-state index < -0.39 is 5.97 Å². The summed E-state index contributed by atoms with van der Waals surface area (Å²) in [5.41, 5.74) is 2.98. The van der Waals surface area contributed by atoms with E-state index in [-0.39, 0.29) is 11.6 Å². The Hall–Kier alpha value is -6.00. The van der Waals surface area contributed by atoms with Gasteiger partial charge < -0.3 is 18.8 Å². The van der Waals surface area contributed by atoms with Crippen LogP contribution in [-0.2, 0) is 4.79 Å². The monoisotopic (exact) mass is 565 g/mol. The molecule has 0 amide bonds. The van der Waals surface area contributed by atoms with Crippen molar-refractivity contribution in [3.05, 3.63) is 145 Å². The van der Waals surface area contributed by atoms with Crippen molar-refractivity contribution in [3.63, 3.8) is 0 Å². The van der Waals surface area contributed by atoms with Crippen LogP contribution in [0.4, 0.5) is 28.8 Å². The van der Waals surface area contributed by atoms with E-state index in [0.717, 1.165) is 23.5 Å². The number of benzene rings is 3. The highest BCUT2D eigenvalue weighted by atomic mass is 16.4. The number of carboxylic acids is 1. The Balaban J connectivity index is 1.33. The van der Waals surface area contributed by atoms with E-state index >= 15 is 0 Å². The van der Waals surface area contributed by atoms with Crippen LogP contribution in [0.25, 0.3) is 17.6 Å². The van der Waals surface area contributed by atoms with E-state index in [4.69, 9.17) is 14.1 Å². The predicted octanol–water partition coefficient (Wildman–Crippen LogP) is 9.02. The molecule has 5 aromatic rings. The number of aliphatic carboxylic acids is 1. The molecule has 210 valence electrons. The summed E-state index contributed by atoms with van der Waals surface area (Å²) in [4.78, 5) is 15.4. The SMILES string of the molecule is N#C/C(=C\c1ccc(N(c2ccccc2)c2ccc(-c3ccc(N(c4ccccc4)C4C=CC=CC4)o3)o2)cc1)C(=O)O. The van der Waals surface area contributed by atoms with Crippen LogP contribution in [0.5, 0.6) is 0 Å². The fourth-order valence-corrected chi connectivity index (χ4v) is 5.01. The number of para-hydroxylation sites is 2. The van der Waals surface area contributed by atoms with Crippen molar-refractivity contribution in [3.8, 4) is 17.6 Å². The number of carbonyl (C=O) groups is 1. The lowest BCUT2D eigenvalue weighted by Crippen LogP contribution is -2.29. The van der Waals surface area contributed by atoms with Gasteiger partial charge in [-0.05, 0) is 66.6 Å². The van der Waals surface area contributed by atoms with Gasteiger partial charge in [-0.25, -0.2) is 4.79 Å². The molecule has 2 aromatic heterocycles. The lowest BCUT2D eigenvalue weighted by atomic mass is 10.1. The van der Waals surface area contributed by atoms with Gasteiger partial charge in [-0.1, -0.05) is 72.8 Å². The Morgan fingerprint density at radius 3 is 1.98 bits per heavy atom. The van der Waals surface area contributed by atoms with Crippen molar-refractivity contribution < 1.29 is 18.7 Å². The van der Waals surface area contributed by atoms with Gasteiger partial charge in [-0.2, -0.15) is 5.26 Å². The summed E-state index contributed by atoms with van der Waals surface area (Å²) in [6.45, 7) is 0. The number of allylic oxidation sites excluding steroid dienone is 2. The number of hydrogen-bond acceptors (Lipinski definition) is 6. The van der Waals surface area contributed by atoms with Gasteiger partial charge in [-0.3, -0.25) is 4.90 Å². The van der Waals surface area contributed by atoms with Crippen LogP contribution >= 0.6 is 0 Å². The molecular formula is C36H27N3O4. The third kappa shape index (κ3) is 5.90. The number of furan rings is 2. The number of hydrogen-bond donors (Lipinski definition) is 1. The average molecular weight is 566 g/mol. The highest BCUT2D eigenvalue weighted by Gasteiger charge is 2.23. The first-order chi connectivity index (χ1) is 21.1. The largest absolute Gasteiger partial charge is 0.477 e. The van der Waals surface area contributed by atoms with Crippen LogP contribution in [0.1, 0.15) is 12.0 Å². The molecule has 43 heavy (non-hydrogen) atoms. The van der Waals surface area contributed by atoms with E-state index in [9.17, 15) is 9.90 Å². The third-order valence-electron chi connectivity index (χ3n) is 7.04. The van der Waals surface area contributed by atoms with Crippen molar-refractivity contribution >= 4 is 40.9 Å². The number of carboxylic acid groups (broad SMARTS) is 1. The number of anilines is 5. The summed E-state index contributed by atoms with van der Waals surface area (Å²) in [7, 11) is 0. The molecule has 1 aliphatic rings. The third-order valence-corrected chi connectivity index (χ3v) is 7.04. The van der Waals surface area contributed by atoms with E-state index in [1.807, 2.05) is 89.8 Å². The summed E-state index contributed by atoms with van der Waals surface area (Å²) in [5.74, 6) is 1.20. The fraction of sp³-hybridized carbons (Fsp3) is 0.0556. The van der Waals surface area contributed by atoms with Gasteiger partial charge in [-0.15, -0.1) is 0 Å². The zero-order valence-corrected chi connectivity index (χ0v) is 23.1. The zero-order chi connectivity index (χ0) is 29.6. The van der Waals surface area contributed by atoms with Gasteiger partial charge >= 0.3 is 5.97 Å². The van der Waals surface area contributed by atoms with E-state index in [0.29, 0.717) is 28.9 Å². The number of nitriles is 1. The highest BCUT2D eigenvalue weighted by molar-refractivity contribution is 5.96. The lowest BCUT2D eigenvalue weighted by molar-refractivity contribution is -0.132.